The third kappa shape index (κ3) is 3.02. The van der Waals surface area contributed by atoms with E-state index in [1.54, 1.807) is 11.3 Å². The largest absolute Gasteiger partial charge is 0.330 e. The molecule has 0 aliphatic rings. The highest BCUT2D eigenvalue weighted by atomic mass is 32.1. The van der Waals surface area contributed by atoms with E-state index in [9.17, 15) is 4.79 Å². The number of hydrogen-bond acceptors (Lipinski definition) is 3. The fourth-order valence-electron chi connectivity index (χ4n) is 1.84. The topological polar surface area (TPSA) is 43.1 Å². The minimum atomic E-state index is 0.174. The highest BCUT2D eigenvalue weighted by molar-refractivity contribution is 7.08. The molecule has 17 heavy (non-hydrogen) atoms. The van der Waals surface area contributed by atoms with Gasteiger partial charge in [0, 0.05) is 12.0 Å². The van der Waals surface area contributed by atoms with E-state index < -0.39 is 0 Å². The summed E-state index contributed by atoms with van der Waals surface area (Å²) in [5.74, 6) is 0.174. The minimum absolute atomic E-state index is 0.174. The van der Waals surface area contributed by atoms with E-state index in [1.165, 1.54) is 0 Å². The van der Waals surface area contributed by atoms with Gasteiger partial charge < -0.3 is 5.73 Å². The van der Waals surface area contributed by atoms with Crippen molar-refractivity contribution in [3.63, 3.8) is 0 Å². The smallest absolute Gasteiger partial charge is 0.167 e. The van der Waals surface area contributed by atoms with Gasteiger partial charge in [0.05, 0.1) is 0 Å². The maximum atomic E-state index is 12.2. The summed E-state index contributed by atoms with van der Waals surface area (Å²) in [5, 5.41) is 4.01. The first-order chi connectivity index (χ1) is 8.31. The summed E-state index contributed by atoms with van der Waals surface area (Å²) in [6.45, 7) is 0.572. The number of nitrogens with two attached hydrogens (primary N) is 1. The average Bonchev–Trinajstić information content (AvgIpc) is 2.83. The standard InChI is InChI=1S/C14H15NOS/c15-7-5-12-3-1-2-4-13(12)14(16)9-11-6-8-17-10-11/h1-4,6,8,10H,5,7,9,15H2. The van der Waals surface area contributed by atoms with Crippen molar-refractivity contribution in [2.45, 2.75) is 12.8 Å². The number of carbonyl (C=O) groups is 1. The number of carbonyl (C=O) groups excluding carboxylic acids is 1. The summed E-state index contributed by atoms with van der Waals surface area (Å²) in [6, 6.07) is 9.72. The highest BCUT2D eigenvalue weighted by Crippen LogP contribution is 2.14. The second kappa shape index (κ2) is 5.75. The van der Waals surface area contributed by atoms with Crippen LogP contribution < -0.4 is 5.73 Å². The van der Waals surface area contributed by atoms with Crippen LogP contribution in [0.5, 0.6) is 0 Å². The Hall–Kier alpha value is -1.45. The molecular formula is C14H15NOS. The normalized spacial score (nSPS) is 10.4. The van der Waals surface area contributed by atoms with Gasteiger partial charge in [0.2, 0.25) is 0 Å². The zero-order valence-corrected chi connectivity index (χ0v) is 10.4. The summed E-state index contributed by atoms with van der Waals surface area (Å²) in [4.78, 5) is 12.2. The second-order valence-electron chi connectivity index (χ2n) is 3.93. The quantitative estimate of drug-likeness (QED) is 0.823. The van der Waals surface area contributed by atoms with E-state index >= 15 is 0 Å². The summed E-state index contributed by atoms with van der Waals surface area (Å²) in [6.07, 6.45) is 1.23. The van der Waals surface area contributed by atoms with Crippen molar-refractivity contribution in [3.8, 4) is 0 Å². The predicted octanol–water partition coefficient (Wildman–Crippen LogP) is 2.67. The van der Waals surface area contributed by atoms with Crippen LogP contribution in [-0.4, -0.2) is 12.3 Å². The van der Waals surface area contributed by atoms with Crippen LogP contribution in [0.2, 0.25) is 0 Å². The van der Waals surface area contributed by atoms with Crippen LogP contribution in [0.25, 0.3) is 0 Å². The number of rotatable bonds is 5. The molecular weight excluding hydrogens is 230 g/mol. The van der Waals surface area contributed by atoms with E-state index in [2.05, 4.69) is 0 Å². The molecule has 0 aliphatic carbocycles. The molecule has 2 N–H and O–H groups in total. The van der Waals surface area contributed by atoms with E-state index in [-0.39, 0.29) is 5.78 Å². The van der Waals surface area contributed by atoms with Gasteiger partial charge in [-0.15, -0.1) is 0 Å². The van der Waals surface area contributed by atoms with Crippen LogP contribution >= 0.6 is 11.3 Å². The van der Waals surface area contributed by atoms with Crippen LogP contribution in [-0.2, 0) is 12.8 Å². The molecule has 1 aromatic heterocycles. The van der Waals surface area contributed by atoms with Crippen molar-refractivity contribution in [2.24, 2.45) is 5.73 Å². The van der Waals surface area contributed by atoms with Gasteiger partial charge in [-0.3, -0.25) is 4.79 Å². The predicted molar refractivity (Wildman–Crippen MR) is 71.6 cm³/mol. The molecule has 2 rings (SSSR count). The third-order valence-corrected chi connectivity index (χ3v) is 3.41. The van der Waals surface area contributed by atoms with E-state index in [0.29, 0.717) is 13.0 Å². The molecule has 1 aromatic carbocycles. The molecule has 0 spiro atoms. The van der Waals surface area contributed by atoms with Gasteiger partial charge in [0.15, 0.2) is 5.78 Å². The van der Waals surface area contributed by atoms with Crippen molar-refractivity contribution in [3.05, 3.63) is 57.8 Å². The first-order valence-corrected chi connectivity index (χ1v) is 6.58. The second-order valence-corrected chi connectivity index (χ2v) is 4.71. The Balaban J connectivity index is 2.18. The van der Waals surface area contributed by atoms with E-state index in [1.807, 2.05) is 41.1 Å². The Bertz CT molecular complexity index is 491. The lowest BCUT2D eigenvalue weighted by Gasteiger charge is -2.06. The van der Waals surface area contributed by atoms with Crippen molar-refractivity contribution in [2.75, 3.05) is 6.54 Å². The van der Waals surface area contributed by atoms with E-state index in [0.717, 1.165) is 23.1 Å². The van der Waals surface area contributed by atoms with Crippen molar-refractivity contribution >= 4 is 17.1 Å². The Morgan fingerprint density at radius 3 is 2.76 bits per heavy atom. The molecule has 0 fully saturated rings. The van der Waals surface area contributed by atoms with Gasteiger partial charge >= 0.3 is 0 Å². The molecule has 0 saturated heterocycles. The van der Waals surface area contributed by atoms with Crippen LogP contribution in [0.15, 0.2) is 41.1 Å². The van der Waals surface area contributed by atoms with Crippen LogP contribution in [0, 0.1) is 0 Å². The first-order valence-electron chi connectivity index (χ1n) is 5.63. The summed E-state index contributed by atoms with van der Waals surface area (Å²) < 4.78 is 0. The monoisotopic (exact) mass is 245 g/mol. The average molecular weight is 245 g/mol. The fourth-order valence-corrected chi connectivity index (χ4v) is 2.51. The Morgan fingerprint density at radius 1 is 1.24 bits per heavy atom. The molecule has 2 aromatic rings. The van der Waals surface area contributed by atoms with Crippen LogP contribution in [0.4, 0.5) is 0 Å². The molecule has 88 valence electrons. The highest BCUT2D eigenvalue weighted by Gasteiger charge is 2.11. The summed E-state index contributed by atoms with van der Waals surface area (Å²) >= 11 is 1.62. The van der Waals surface area contributed by atoms with Crippen LogP contribution in [0.3, 0.4) is 0 Å². The molecule has 0 aliphatic heterocycles. The van der Waals surface area contributed by atoms with Gasteiger partial charge in [-0.05, 0) is 40.9 Å². The van der Waals surface area contributed by atoms with Crippen molar-refractivity contribution < 1.29 is 4.79 Å². The van der Waals surface area contributed by atoms with Crippen LogP contribution in [0.1, 0.15) is 21.5 Å². The molecule has 3 heteroatoms. The lowest BCUT2D eigenvalue weighted by atomic mass is 9.98. The molecule has 0 unspecified atom stereocenters. The molecule has 2 nitrogen and oxygen atoms in total. The lowest BCUT2D eigenvalue weighted by Crippen LogP contribution is -2.10. The zero-order chi connectivity index (χ0) is 12.1. The Morgan fingerprint density at radius 2 is 2.06 bits per heavy atom. The van der Waals surface area contributed by atoms with Gasteiger partial charge in [-0.2, -0.15) is 11.3 Å². The van der Waals surface area contributed by atoms with Gasteiger partial charge in [0.1, 0.15) is 0 Å². The number of thiophene rings is 1. The molecule has 0 atom stereocenters. The zero-order valence-electron chi connectivity index (χ0n) is 9.56. The summed E-state index contributed by atoms with van der Waals surface area (Å²) in [5.41, 5.74) is 8.50. The molecule has 0 amide bonds. The maximum absolute atomic E-state index is 12.2. The third-order valence-electron chi connectivity index (χ3n) is 2.68. The number of benzene rings is 1. The minimum Gasteiger partial charge on any atom is -0.330 e. The maximum Gasteiger partial charge on any atom is 0.167 e. The number of Topliss-reactive ketones (excluding diaryl/α,β-unsaturated/α-hetero) is 1. The molecule has 0 saturated carbocycles. The SMILES string of the molecule is NCCc1ccccc1C(=O)Cc1ccsc1. The first kappa shape index (κ1) is 12.0. The molecule has 0 bridgehead atoms. The van der Waals surface area contributed by atoms with Gasteiger partial charge in [-0.25, -0.2) is 0 Å². The van der Waals surface area contributed by atoms with Crippen molar-refractivity contribution in [1.82, 2.24) is 0 Å². The van der Waals surface area contributed by atoms with E-state index in [4.69, 9.17) is 5.73 Å². The number of hydrogen-bond donors (Lipinski definition) is 1. The molecule has 0 radical (unpaired) electrons. The van der Waals surface area contributed by atoms with Crippen molar-refractivity contribution in [1.29, 1.82) is 0 Å². The number of ketones is 1. The lowest BCUT2D eigenvalue weighted by molar-refractivity contribution is 0.0992. The van der Waals surface area contributed by atoms with Gasteiger partial charge in [0.25, 0.3) is 0 Å². The Labute approximate surface area is 105 Å². The fraction of sp³-hybridized carbons (Fsp3) is 0.214. The van der Waals surface area contributed by atoms with Gasteiger partial charge in [-0.1, -0.05) is 24.3 Å². The summed E-state index contributed by atoms with van der Waals surface area (Å²) in [7, 11) is 0. The Kier molecular flexibility index (Phi) is 4.07. The molecule has 1 heterocycles.